The average molecular weight is 275 g/mol. The molecule has 0 aliphatic carbocycles. The van der Waals surface area contributed by atoms with Crippen LogP contribution in [0.15, 0.2) is 18.2 Å². The zero-order valence-electron chi connectivity index (χ0n) is 10.8. The van der Waals surface area contributed by atoms with E-state index in [-0.39, 0.29) is 23.9 Å². The maximum Gasteiger partial charge on any atom is 0.163 e. The second-order valence-electron chi connectivity index (χ2n) is 4.28. The number of aliphatic hydroxyl groups excluding tert-OH is 1. The van der Waals surface area contributed by atoms with Crippen molar-refractivity contribution in [2.45, 2.75) is 31.2 Å². The molecule has 0 aliphatic rings. The predicted molar refractivity (Wildman–Crippen MR) is 71.8 cm³/mol. The molecule has 0 bridgehead atoms. The Labute approximate surface area is 111 Å². The second kappa shape index (κ2) is 7.07. The van der Waals surface area contributed by atoms with Gasteiger partial charge >= 0.3 is 0 Å². The molecule has 2 nitrogen and oxygen atoms in total. The lowest BCUT2D eigenvalue weighted by molar-refractivity contribution is 0.271. The molecule has 0 heterocycles. The molecule has 0 spiro atoms. The van der Waals surface area contributed by atoms with Crippen molar-refractivity contribution >= 4 is 11.8 Å². The van der Waals surface area contributed by atoms with Crippen LogP contribution in [0.4, 0.5) is 8.78 Å². The second-order valence-corrected chi connectivity index (χ2v) is 5.35. The lowest BCUT2D eigenvalue weighted by Gasteiger charge is -2.25. The first-order chi connectivity index (χ1) is 8.51. The van der Waals surface area contributed by atoms with Crippen LogP contribution in [-0.2, 0) is 0 Å². The van der Waals surface area contributed by atoms with Crippen LogP contribution in [0.1, 0.15) is 25.5 Å². The number of hydrogen-bond acceptors (Lipinski definition) is 3. The summed E-state index contributed by atoms with van der Waals surface area (Å²) in [5.41, 5.74) is 0.305. The highest BCUT2D eigenvalue weighted by Crippen LogP contribution is 2.21. The summed E-state index contributed by atoms with van der Waals surface area (Å²) in [6.45, 7) is 3.75. The monoisotopic (exact) mass is 275 g/mol. The van der Waals surface area contributed by atoms with E-state index in [1.807, 2.05) is 13.2 Å². The Balaban J connectivity index is 2.76. The van der Waals surface area contributed by atoms with Crippen molar-refractivity contribution in [3.05, 3.63) is 35.4 Å². The summed E-state index contributed by atoms with van der Waals surface area (Å²) >= 11 is 1.54. The summed E-state index contributed by atoms with van der Waals surface area (Å²) < 4.78 is 26.7. The van der Waals surface area contributed by atoms with Crippen molar-refractivity contribution in [2.24, 2.45) is 0 Å². The molecule has 0 saturated carbocycles. The molecular formula is C13H19F2NOS. The minimum Gasteiger partial charge on any atom is -0.395 e. The molecule has 2 N–H and O–H groups in total. The van der Waals surface area contributed by atoms with E-state index in [0.717, 1.165) is 6.07 Å². The van der Waals surface area contributed by atoms with Gasteiger partial charge in [-0.15, -0.1) is 0 Å². The van der Waals surface area contributed by atoms with E-state index >= 15 is 0 Å². The third kappa shape index (κ3) is 3.67. The Hall–Kier alpha value is -0.650. The summed E-state index contributed by atoms with van der Waals surface area (Å²) in [6.07, 6.45) is 1.91. The number of nitrogens with one attached hydrogen (secondary N) is 1. The molecule has 3 unspecified atom stereocenters. The number of thioether (sulfide) groups is 1. The largest absolute Gasteiger partial charge is 0.395 e. The van der Waals surface area contributed by atoms with Crippen LogP contribution in [0.25, 0.3) is 0 Å². The molecule has 0 saturated heterocycles. The molecule has 3 atom stereocenters. The molecule has 18 heavy (non-hydrogen) atoms. The first-order valence-electron chi connectivity index (χ1n) is 5.84. The van der Waals surface area contributed by atoms with Crippen LogP contribution in [0.3, 0.4) is 0 Å². The molecule has 1 aromatic carbocycles. The van der Waals surface area contributed by atoms with Crippen LogP contribution >= 0.6 is 11.8 Å². The van der Waals surface area contributed by atoms with Crippen molar-refractivity contribution in [3.63, 3.8) is 0 Å². The molecule has 1 aromatic rings. The van der Waals surface area contributed by atoms with Gasteiger partial charge in [-0.1, -0.05) is 12.1 Å². The molecule has 5 heteroatoms. The smallest absolute Gasteiger partial charge is 0.163 e. The van der Waals surface area contributed by atoms with Gasteiger partial charge in [-0.25, -0.2) is 8.78 Å². The van der Waals surface area contributed by atoms with Crippen molar-refractivity contribution in [1.29, 1.82) is 0 Å². The van der Waals surface area contributed by atoms with Crippen LogP contribution in [0.2, 0.25) is 0 Å². The fourth-order valence-corrected chi connectivity index (χ4v) is 2.52. The fraction of sp³-hybridized carbons (Fsp3) is 0.538. The number of hydrogen-bond donors (Lipinski definition) is 2. The molecule has 0 aromatic heterocycles. The van der Waals surface area contributed by atoms with Gasteiger partial charge in [0.1, 0.15) is 0 Å². The van der Waals surface area contributed by atoms with Crippen molar-refractivity contribution in [2.75, 3.05) is 12.9 Å². The topological polar surface area (TPSA) is 32.3 Å². The molecule has 0 amide bonds. The van der Waals surface area contributed by atoms with E-state index in [4.69, 9.17) is 0 Å². The first-order valence-corrected chi connectivity index (χ1v) is 7.13. The zero-order valence-corrected chi connectivity index (χ0v) is 11.6. The number of benzene rings is 1. The van der Waals surface area contributed by atoms with Crippen molar-refractivity contribution in [1.82, 2.24) is 5.32 Å². The lowest BCUT2D eigenvalue weighted by Crippen LogP contribution is -2.39. The Morgan fingerprint density at radius 2 is 2.00 bits per heavy atom. The van der Waals surface area contributed by atoms with Gasteiger partial charge in [0.2, 0.25) is 0 Å². The van der Waals surface area contributed by atoms with Gasteiger partial charge in [-0.05, 0) is 26.2 Å². The summed E-state index contributed by atoms with van der Waals surface area (Å²) in [7, 11) is 0. The molecule has 102 valence electrons. The number of halogens is 2. The Morgan fingerprint density at radius 1 is 1.33 bits per heavy atom. The minimum absolute atomic E-state index is 0.00247. The zero-order chi connectivity index (χ0) is 13.7. The number of rotatable bonds is 6. The van der Waals surface area contributed by atoms with Crippen LogP contribution in [-0.4, -0.2) is 29.3 Å². The molecule has 0 fully saturated rings. The van der Waals surface area contributed by atoms with E-state index in [2.05, 4.69) is 5.32 Å². The van der Waals surface area contributed by atoms with Gasteiger partial charge in [0, 0.05) is 22.9 Å². The molecule has 1 rings (SSSR count). The molecular weight excluding hydrogens is 256 g/mol. The Kier molecular flexibility index (Phi) is 6.05. The van der Waals surface area contributed by atoms with E-state index in [0.29, 0.717) is 5.56 Å². The summed E-state index contributed by atoms with van der Waals surface area (Å²) in [6, 6.07) is 3.86. The Bertz CT molecular complexity index is 385. The highest BCUT2D eigenvalue weighted by atomic mass is 32.2. The fourth-order valence-electron chi connectivity index (χ4n) is 1.88. The van der Waals surface area contributed by atoms with Crippen molar-refractivity contribution < 1.29 is 13.9 Å². The quantitative estimate of drug-likeness (QED) is 0.837. The summed E-state index contributed by atoms with van der Waals surface area (Å²) in [4.78, 5) is 0. The van der Waals surface area contributed by atoms with Gasteiger partial charge in [0.25, 0.3) is 0 Å². The highest BCUT2D eigenvalue weighted by Gasteiger charge is 2.20. The SMILES string of the molecule is CSC(CO)C(C)NC(C)c1cccc(F)c1F. The first kappa shape index (κ1) is 15.4. The third-order valence-electron chi connectivity index (χ3n) is 3.00. The standard InChI is InChI=1S/C13H19F2NOS/c1-8(16-9(2)12(7-17)18-3)10-5-4-6-11(14)13(10)15/h4-6,8-9,12,16-17H,7H2,1-3H3. The van der Waals surface area contributed by atoms with Gasteiger partial charge in [-0.2, -0.15) is 11.8 Å². The summed E-state index contributed by atoms with van der Waals surface area (Å²) in [5.74, 6) is -1.65. The lowest BCUT2D eigenvalue weighted by atomic mass is 10.1. The number of aliphatic hydroxyl groups is 1. The van der Waals surface area contributed by atoms with E-state index in [1.165, 1.54) is 6.07 Å². The summed E-state index contributed by atoms with van der Waals surface area (Å²) in [5, 5.41) is 12.4. The van der Waals surface area contributed by atoms with Crippen LogP contribution < -0.4 is 5.32 Å². The maximum absolute atomic E-state index is 13.6. The Morgan fingerprint density at radius 3 is 2.56 bits per heavy atom. The van der Waals surface area contributed by atoms with Crippen LogP contribution in [0, 0.1) is 11.6 Å². The van der Waals surface area contributed by atoms with Gasteiger partial charge in [-0.3, -0.25) is 0 Å². The third-order valence-corrected chi connectivity index (χ3v) is 4.16. The molecule has 0 radical (unpaired) electrons. The predicted octanol–water partition coefficient (Wildman–Crippen LogP) is 2.73. The normalized spacial score (nSPS) is 16.3. The molecule has 0 aliphatic heterocycles. The maximum atomic E-state index is 13.6. The van der Waals surface area contributed by atoms with E-state index < -0.39 is 11.6 Å². The average Bonchev–Trinajstić information content (AvgIpc) is 2.34. The van der Waals surface area contributed by atoms with Crippen molar-refractivity contribution in [3.8, 4) is 0 Å². The highest BCUT2D eigenvalue weighted by molar-refractivity contribution is 7.99. The van der Waals surface area contributed by atoms with Gasteiger partial charge in [0.15, 0.2) is 11.6 Å². The minimum atomic E-state index is -0.836. The van der Waals surface area contributed by atoms with E-state index in [1.54, 1.807) is 24.8 Å². The van der Waals surface area contributed by atoms with Crippen LogP contribution in [0.5, 0.6) is 0 Å². The van der Waals surface area contributed by atoms with Gasteiger partial charge < -0.3 is 10.4 Å². The van der Waals surface area contributed by atoms with Gasteiger partial charge in [0.05, 0.1) is 6.61 Å². The van der Waals surface area contributed by atoms with E-state index in [9.17, 15) is 13.9 Å².